The molecule has 0 radical (unpaired) electrons. The van der Waals surface area contributed by atoms with Gasteiger partial charge in [0.2, 0.25) is 0 Å². The lowest BCUT2D eigenvalue weighted by molar-refractivity contribution is -0.117. The number of carbonyl (C=O) groups excluding carboxylic acids is 1. The van der Waals surface area contributed by atoms with Crippen molar-refractivity contribution in [1.82, 2.24) is 0 Å². The highest BCUT2D eigenvalue weighted by Crippen LogP contribution is 2.13. The van der Waals surface area contributed by atoms with Crippen molar-refractivity contribution in [2.45, 2.75) is 18.6 Å². The van der Waals surface area contributed by atoms with Crippen LogP contribution < -0.4 is 4.74 Å². The van der Waals surface area contributed by atoms with Crippen molar-refractivity contribution in [3.05, 3.63) is 29.8 Å². The highest BCUT2D eigenvalue weighted by atomic mass is 32.2. The average molecular weight is 256 g/mol. The van der Waals surface area contributed by atoms with Crippen LogP contribution in [0.15, 0.2) is 24.3 Å². The number of Topliss-reactive ketones (excluding diaryl/α,β-unsaturated/α-hetero) is 1. The van der Waals surface area contributed by atoms with E-state index < -0.39 is 15.1 Å². The summed E-state index contributed by atoms with van der Waals surface area (Å²) in [6.07, 6.45) is 1.20. The predicted molar refractivity (Wildman–Crippen MR) is 66.0 cm³/mol. The smallest absolute Gasteiger partial charge is 0.157 e. The summed E-state index contributed by atoms with van der Waals surface area (Å²) in [5.41, 5.74) is 0.784. The Kier molecular flexibility index (Phi) is 4.28. The third-order valence-electron chi connectivity index (χ3n) is 2.63. The van der Waals surface area contributed by atoms with E-state index in [4.69, 9.17) is 4.74 Å². The van der Waals surface area contributed by atoms with Crippen LogP contribution in [0.2, 0.25) is 0 Å². The molecule has 1 rings (SSSR count). The number of sulfone groups is 1. The van der Waals surface area contributed by atoms with Gasteiger partial charge in [-0.1, -0.05) is 12.1 Å². The predicted octanol–water partition coefficient (Wildman–Crippen LogP) is 1.24. The van der Waals surface area contributed by atoms with Crippen molar-refractivity contribution < 1.29 is 17.9 Å². The highest BCUT2D eigenvalue weighted by Gasteiger charge is 2.23. The van der Waals surface area contributed by atoms with E-state index in [1.54, 1.807) is 31.4 Å². The number of benzene rings is 1. The van der Waals surface area contributed by atoms with Gasteiger partial charge in [-0.2, -0.15) is 0 Å². The van der Waals surface area contributed by atoms with Gasteiger partial charge >= 0.3 is 0 Å². The van der Waals surface area contributed by atoms with Crippen LogP contribution in [-0.4, -0.2) is 32.8 Å². The zero-order valence-electron chi connectivity index (χ0n) is 10.1. The normalized spacial score (nSPS) is 13.1. The molecule has 0 heterocycles. The van der Waals surface area contributed by atoms with Crippen LogP contribution >= 0.6 is 0 Å². The van der Waals surface area contributed by atoms with Gasteiger partial charge in [0.15, 0.2) is 15.6 Å². The molecular formula is C12H16O4S. The molecule has 4 nitrogen and oxygen atoms in total. The monoisotopic (exact) mass is 256 g/mol. The lowest BCUT2D eigenvalue weighted by Crippen LogP contribution is -2.27. The summed E-state index contributed by atoms with van der Waals surface area (Å²) in [4.78, 5) is 11.7. The topological polar surface area (TPSA) is 60.4 Å². The van der Waals surface area contributed by atoms with E-state index in [2.05, 4.69) is 0 Å². The molecule has 1 unspecified atom stereocenters. The maximum atomic E-state index is 11.7. The Morgan fingerprint density at radius 2 is 1.82 bits per heavy atom. The van der Waals surface area contributed by atoms with Crippen molar-refractivity contribution in [3.8, 4) is 5.75 Å². The quantitative estimate of drug-likeness (QED) is 0.795. The van der Waals surface area contributed by atoms with Crippen molar-refractivity contribution >= 4 is 15.6 Å². The molecule has 17 heavy (non-hydrogen) atoms. The van der Waals surface area contributed by atoms with Crippen LogP contribution in [0.1, 0.15) is 12.5 Å². The third-order valence-corrected chi connectivity index (χ3v) is 4.18. The molecule has 0 amide bonds. The zero-order chi connectivity index (χ0) is 13.1. The van der Waals surface area contributed by atoms with Gasteiger partial charge in [-0.25, -0.2) is 8.42 Å². The van der Waals surface area contributed by atoms with Gasteiger partial charge in [0, 0.05) is 12.7 Å². The van der Waals surface area contributed by atoms with E-state index in [0.717, 1.165) is 11.8 Å². The van der Waals surface area contributed by atoms with Crippen LogP contribution in [0.3, 0.4) is 0 Å². The Morgan fingerprint density at radius 3 is 2.24 bits per heavy atom. The summed E-state index contributed by atoms with van der Waals surface area (Å²) in [5, 5.41) is -0.954. The van der Waals surface area contributed by atoms with Crippen LogP contribution in [-0.2, 0) is 21.1 Å². The molecule has 1 aromatic carbocycles. The minimum absolute atomic E-state index is 0.123. The van der Waals surface area contributed by atoms with E-state index in [1.807, 2.05) is 0 Å². The maximum absolute atomic E-state index is 11.7. The molecule has 0 N–H and O–H groups in total. The first-order valence-corrected chi connectivity index (χ1v) is 7.14. The zero-order valence-corrected chi connectivity index (χ0v) is 11.0. The highest BCUT2D eigenvalue weighted by molar-refractivity contribution is 7.92. The molecule has 0 aliphatic rings. The second kappa shape index (κ2) is 5.31. The molecule has 0 saturated carbocycles. The molecule has 0 bridgehead atoms. The molecule has 0 aromatic heterocycles. The van der Waals surface area contributed by atoms with Crippen molar-refractivity contribution in [3.63, 3.8) is 0 Å². The van der Waals surface area contributed by atoms with Crippen LogP contribution in [0.4, 0.5) is 0 Å². The molecular weight excluding hydrogens is 240 g/mol. The number of ether oxygens (including phenoxy) is 1. The SMILES string of the molecule is COc1ccc(CC(=O)C(C)S(C)(=O)=O)cc1. The van der Waals surface area contributed by atoms with Crippen molar-refractivity contribution in [1.29, 1.82) is 0 Å². The number of ketones is 1. The van der Waals surface area contributed by atoms with Gasteiger partial charge in [-0.05, 0) is 24.6 Å². The van der Waals surface area contributed by atoms with E-state index in [-0.39, 0.29) is 12.2 Å². The van der Waals surface area contributed by atoms with E-state index in [0.29, 0.717) is 5.75 Å². The fourth-order valence-electron chi connectivity index (χ4n) is 1.33. The Balaban J connectivity index is 2.74. The summed E-state index contributed by atoms with van der Waals surface area (Å²) in [7, 11) is -1.75. The fourth-order valence-corrected chi connectivity index (χ4v) is 1.89. The largest absolute Gasteiger partial charge is 0.497 e. The van der Waals surface area contributed by atoms with Gasteiger partial charge in [-0.3, -0.25) is 4.79 Å². The standard InChI is InChI=1S/C12H16O4S/c1-9(17(3,14)15)12(13)8-10-4-6-11(16-2)7-5-10/h4-7,9H,8H2,1-3H3. The molecule has 1 aromatic rings. The van der Waals surface area contributed by atoms with Crippen LogP contribution in [0.5, 0.6) is 5.75 Å². The second-order valence-electron chi connectivity index (χ2n) is 3.96. The summed E-state index contributed by atoms with van der Waals surface area (Å²) < 4.78 is 27.4. The van der Waals surface area contributed by atoms with Crippen molar-refractivity contribution in [2.24, 2.45) is 0 Å². The average Bonchev–Trinajstić information content (AvgIpc) is 2.27. The fraction of sp³-hybridized carbons (Fsp3) is 0.417. The van der Waals surface area contributed by atoms with E-state index in [1.165, 1.54) is 6.92 Å². The van der Waals surface area contributed by atoms with Gasteiger partial charge in [0.05, 0.1) is 7.11 Å². The third kappa shape index (κ3) is 3.85. The van der Waals surface area contributed by atoms with Gasteiger partial charge in [-0.15, -0.1) is 0 Å². The van der Waals surface area contributed by atoms with Gasteiger partial charge in [0.1, 0.15) is 11.0 Å². The first-order valence-electron chi connectivity index (χ1n) is 5.19. The first kappa shape index (κ1) is 13.7. The Hall–Kier alpha value is -1.36. The summed E-state index contributed by atoms with van der Waals surface area (Å²) in [5.74, 6) is 0.412. The molecule has 1 atom stereocenters. The number of carbonyl (C=O) groups is 1. The number of hydrogen-bond donors (Lipinski definition) is 0. The maximum Gasteiger partial charge on any atom is 0.157 e. The summed E-state index contributed by atoms with van der Waals surface area (Å²) in [6, 6.07) is 7.00. The number of methoxy groups -OCH3 is 1. The molecule has 0 aliphatic heterocycles. The minimum Gasteiger partial charge on any atom is -0.497 e. The van der Waals surface area contributed by atoms with E-state index in [9.17, 15) is 13.2 Å². The Labute approximate surface area is 102 Å². The van der Waals surface area contributed by atoms with E-state index >= 15 is 0 Å². The number of hydrogen-bond acceptors (Lipinski definition) is 4. The minimum atomic E-state index is -3.31. The second-order valence-corrected chi connectivity index (χ2v) is 6.33. The Morgan fingerprint density at radius 1 is 1.29 bits per heavy atom. The molecule has 0 spiro atoms. The first-order chi connectivity index (χ1) is 7.84. The van der Waals surface area contributed by atoms with Gasteiger partial charge in [0.25, 0.3) is 0 Å². The lowest BCUT2D eigenvalue weighted by Gasteiger charge is -2.08. The summed E-state index contributed by atoms with van der Waals surface area (Å²) in [6.45, 7) is 1.42. The number of rotatable bonds is 5. The summed E-state index contributed by atoms with van der Waals surface area (Å²) >= 11 is 0. The molecule has 0 fully saturated rings. The van der Waals surface area contributed by atoms with Crippen LogP contribution in [0, 0.1) is 0 Å². The van der Waals surface area contributed by atoms with Crippen LogP contribution in [0.25, 0.3) is 0 Å². The molecule has 0 aliphatic carbocycles. The Bertz CT molecular complexity index is 488. The molecule has 0 saturated heterocycles. The lowest BCUT2D eigenvalue weighted by atomic mass is 10.1. The molecule has 5 heteroatoms. The van der Waals surface area contributed by atoms with Crippen molar-refractivity contribution in [2.75, 3.05) is 13.4 Å². The van der Waals surface area contributed by atoms with Gasteiger partial charge < -0.3 is 4.74 Å². The molecule has 94 valence electrons.